The summed E-state index contributed by atoms with van der Waals surface area (Å²) in [6.45, 7) is 6.66. The molecule has 3 aromatic rings. The fraction of sp³-hybridized carbons (Fsp3) is 0.185. The number of benzene rings is 3. The van der Waals surface area contributed by atoms with Gasteiger partial charge in [-0.15, -0.1) is 0 Å². The number of imide groups is 1. The molecule has 0 aromatic heterocycles. The van der Waals surface area contributed by atoms with Gasteiger partial charge >= 0.3 is 0 Å². The van der Waals surface area contributed by atoms with E-state index in [1.54, 1.807) is 24.3 Å². The van der Waals surface area contributed by atoms with Crippen LogP contribution in [0, 0.1) is 6.92 Å². The largest absolute Gasteiger partial charge is 0.490 e. The maximum Gasteiger partial charge on any atom is 0.282 e. The minimum absolute atomic E-state index is 0.223. The van der Waals surface area contributed by atoms with Gasteiger partial charge in [-0.2, -0.15) is 0 Å². The summed E-state index contributed by atoms with van der Waals surface area (Å²) in [6, 6.07) is 21.9. The molecule has 0 bridgehead atoms. The minimum atomic E-state index is -0.403. The lowest BCUT2D eigenvalue weighted by Crippen LogP contribution is -2.33. The van der Waals surface area contributed by atoms with Crippen molar-refractivity contribution in [3.63, 3.8) is 0 Å². The number of hydrogen-bond acceptors (Lipinski definition) is 5. The Hall–Kier alpha value is -4.06. The number of hydrogen-bond donors (Lipinski definition) is 1. The van der Waals surface area contributed by atoms with Crippen molar-refractivity contribution in [3.05, 3.63) is 89.6 Å². The van der Waals surface area contributed by atoms with Crippen molar-refractivity contribution in [2.24, 2.45) is 0 Å². The van der Waals surface area contributed by atoms with Crippen LogP contribution in [0.1, 0.15) is 25.0 Å². The number of rotatable bonds is 8. The maximum absolute atomic E-state index is 13.6. The second kappa shape index (κ2) is 9.61. The summed E-state index contributed by atoms with van der Waals surface area (Å²) in [7, 11) is 0. The number of nitrogens with one attached hydrogen (secondary N) is 1. The lowest BCUT2D eigenvalue weighted by molar-refractivity contribution is -0.120. The molecule has 0 atom stereocenters. The summed E-state index contributed by atoms with van der Waals surface area (Å²) in [5.41, 5.74) is 3.26. The fourth-order valence-corrected chi connectivity index (χ4v) is 3.82. The van der Waals surface area contributed by atoms with Crippen LogP contribution in [0.3, 0.4) is 0 Å². The molecule has 0 fully saturated rings. The topological polar surface area (TPSA) is 67.9 Å². The summed E-state index contributed by atoms with van der Waals surface area (Å²) in [4.78, 5) is 28.3. The number of ether oxygens (including phenoxy) is 2. The first-order chi connectivity index (χ1) is 16.0. The average Bonchev–Trinajstić information content (AvgIpc) is 3.06. The summed E-state index contributed by atoms with van der Waals surface area (Å²) < 4.78 is 11.4. The van der Waals surface area contributed by atoms with E-state index in [4.69, 9.17) is 9.47 Å². The Kier molecular flexibility index (Phi) is 6.45. The summed E-state index contributed by atoms with van der Waals surface area (Å²) in [6.07, 6.45) is 0. The molecule has 0 saturated carbocycles. The second-order valence-corrected chi connectivity index (χ2v) is 7.50. The minimum Gasteiger partial charge on any atom is -0.490 e. The van der Waals surface area contributed by atoms with Gasteiger partial charge in [0, 0.05) is 11.8 Å². The van der Waals surface area contributed by atoms with Gasteiger partial charge in [-0.1, -0.05) is 48.5 Å². The molecule has 1 aliphatic rings. The van der Waals surface area contributed by atoms with E-state index in [1.807, 2.05) is 69.3 Å². The first-order valence-corrected chi connectivity index (χ1v) is 11.0. The van der Waals surface area contributed by atoms with Gasteiger partial charge < -0.3 is 14.8 Å². The highest BCUT2D eigenvalue weighted by atomic mass is 16.5. The molecule has 1 N–H and O–H groups in total. The van der Waals surface area contributed by atoms with E-state index >= 15 is 0 Å². The van der Waals surface area contributed by atoms with Gasteiger partial charge in [0.15, 0.2) is 11.5 Å². The van der Waals surface area contributed by atoms with Gasteiger partial charge in [0.1, 0.15) is 5.70 Å². The van der Waals surface area contributed by atoms with Gasteiger partial charge in [-0.25, -0.2) is 4.90 Å². The molecule has 0 aliphatic carbocycles. The van der Waals surface area contributed by atoms with Crippen molar-refractivity contribution in [1.82, 2.24) is 0 Å². The van der Waals surface area contributed by atoms with E-state index in [-0.39, 0.29) is 11.6 Å². The van der Waals surface area contributed by atoms with Crippen LogP contribution in [0.25, 0.3) is 5.57 Å². The van der Waals surface area contributed by atoms with Crippen LogP contribution in [0.2, 0.25) is 0 Å². The molecular weight excluding hydrogens is 416 g/mol. The van der Waals surface area contributed by atoms with E-state index in [0.29, 0.717) is 47.2 Å². The SMILES string of the molecule is CCOc1ccc(NC2=C(c3ccccc3)C(=O)N(c3ccccc3C)C2=O)cc1OCC. The number of carbonyl (C=O) groups is 2. The summed E-state index contributed by atoms with van der Waals surface area (Å²) in [5.74, 6) is 0.426. The van der Waals surface area contributed by atoms with Crippen LogP contribution in [0.5, 0.6) is 11.5 Å². The van der Waals surface area contributed by atoms with Crippen molar-refractivity contribution in [2.45, 2.75) is 20.8 Å². The van der Waals surface area contributed by atoms with Crippen molar-refractivity contribution in [1.29, 1.82) is 0 Å². The van der Waals surface area contributed by atoms with E-state index in [1.165, 1.54) is 4.90 Å². The molecule has 6 heteroatoms. The highest BCUT2D eigenvalue weighted by Gasteiger charge is 2.40. The van der Waals surface area contributed by atoms with Crippen molar-refractivity contribution in [3.8, 4) is 11.5 Å². The third-order valence-electron chi connectivity index (χ3n) is 5.32. The molecule has 3 aromatic carbocycles. The zero-order valence-corrected chi connectivity index (χ0v) is 18.9. The zero-order valence-electron chi connectivity index (χ0n) is 18.9. The van der Waals surface area contributed by atoms with Gasteiger partial charge in [-0.05, 0) is 50.1 Å². The molecular formula is C27H26N2O4. The third-order valence-corrected chi connectivity index (χ3v) is 5.32. The Morgan fingerprint density at radius 3 is 2.15 bits per heavy atom. The van der Waals surface area contributed by atoms with Crippen molar-refractivity contribution >= 4 is 28.8 Å². The molecule has 0 unspecified atom stereocenters. The number of amides is 2. The first-order valence-electron chi connectivity index (χ1n) is 11.0. The van der Waals surface area contributed by atoms with E-state index in [0.717, 1.165) is 5.56 Å². The van der Waals surface area contributed by atoms with Gasteiger partial charge in [-0.3, -0.25) is 9.59 Å². The molecule has 4 rings (SSSR count). The van der Waals surface area contributed by atoms with Gasteiger partial charge in [0.25, 0.3) is 11.8 Å². The highest BCUT2D eigenvalue weighted by Crippen LogP contribution is 2.36. The number of nitrogens with zero attached hydrogens (tertiary/aromatic N) is 1. The fourth-order valence-electron chi connectivity index (χ4n) is 3.82. The third kappa shape index (κ3) is 4.32. The van der Waals surface area contributed by atoms with Crippen LogP contribution in [-0.4, -0.2) is 25.0 Å². The molecule has 33 heavy (non-hydrogen) atoms. The van der Waals surface area contributed by atoms with E-state index < -0.39 is 5.91 Å². The van der Waals surface area contributed by atoms with Crippen molar-refractivity contribution in [2.75, 3.05) is 23.4 Å². The quantitative estimate of drug-likeness (QED) is 0.487. The van der Waals surface area contributed by atoms with Crippen LogP contribution in [-0.2, 0) is 9.59 Å². The number of anilines is 2. The smallest absolute Gasteiger partial charge is 0.282 e. The van der Waals surface area contributed by atoms with Crippen LogP contribution >= 0.6 is 0 Å². The predicted octanol–water partition coefficient (Wildman–Crippen LogP) is 5.19. The Morgan fingerprint density at radius 2 is 1.45 bits per heavy atom. The van der Waals surface area contributed by atoms with Gasteiger partial charge in [0.05, 0.1) is 24.5 Å². The average molecular weight is 443 g/mol. The summed E-state index contributed by atoms with van der Waals surface area (Å²) >= 11 is 0. The maximum atomic E-state index is 13.6. The molecule has 2 amide bonds. The van der Waals surface area contributed by atoms with E-state index in [9.17, 15) is 9.59 Å². The molecule has 0 radical (unpaired) electrons. The lowest BCUT2D eigenvalue weighted by atomic mass is 10.0. The lowest BCUT2D eigenvalue weighted by Gasteiger charge is -2.18. The second-order valence-electron chi connectivity index (χ2n) is 7.50. The van der Waals surface area contributed by atoms with Crippen LogP contribution in [0.15, 0.2) is 78.5 Å². The summed E-state index contributed by atoms with van der Waals surface area (Å²) in [5, 5.41) is 3.19. The number of para-hydroxylation sites is 1. The van der Waals surface area contributed by atoms with Crippen LogP contribution < -0.4 is 19.7 Å². The first kappa shape index (κ1) is 22.1. The zero-order chi connectivity index (χ0) is 23.4. The normalized spacial score (nSPS) is 13.5. The van der Waals surface area contributed by atoms with Crippen LogP contribution in [0.4, 0.5) is 11.4 Å². The molecule has 1 aliphatic heterocycles. The number of aryl methyl sites for hydroxylation is 1. The molecule has 0 spiro atoms. The number of carbonyl (C=O) groups excluding carboxylic acids is 2. The Labute approximate surface area is 193 Å². The van der Waals surface area contributed by atoms with Crippen molar-refractivity contribution < 1.29 is 19.1 Å². The Balaban J connectivity index is 1.79. The molecule has 168 valence electrons. The molecule has 1 heterocycles. The van der Waals surface area contributed by atoms with E-state index in [2.05, 4.69) is 5.32 Å². The van der Waals surface area contributed by atoms with Gasteiger partial charge in [0.2, 0.25) is 0 Å². The molecule has 6 nitrogen and oxygen atoms in total. The standard InChI is InChI=1S/C27H26N2O4/c1-4-32-22-16-15-20(17-23(22)33-5-2)28-25-24(19-12-7-6-8-13-19)26(30)29(27(25)31)21-14-10-9-11-18(21)3/h6-17,28H,4-5H2,1-3H3. The molecule has 0 saturated heterocycles. The Morgan fingerprint density at radius 1 is 0.788 bits per heavy atom. The highest BCUT2D eigenvalue weighted by molar-refractivity contribution is 6.46. The predicted molar refractivity (Wildman–Crippen MR) is 129 cm³/mol. The monoisotopic (exact) mass is 442 g/mol. The Bertz CT molecular complexity index is 1220.